The Labute approximate surface area is 176 Å². The zero-order valence-electron chi connectivity index (χ0n) is 15.7. The summed E-state index contributed by atoms with van der Waals surface area (Å²) in [7, 11) is -3.54. The average Bonchev–Trinajstić information content (AvgIpc) is 2.75. The van der Waals surface area contributed by atoms with Gasteiger partial charge in [-0.05, 0) is 54.6 Å². The van der Waals surface area contributed by atoms with Gasteiger partial charge in [-0.1, -0.05) is 35.9 Å². The molecule has 0 atom stereocenters. The van der Waals surface area contributed by atoms with Gasteiger partial charge in [-0.3, -0.25) is 0 Å². The van der Waals surface area contributed by atoms with Gasteiger partial charge < -0.3 is 9.64 Å². The second-order valence-electron chi connectivity index (χ2n) is 6.76. The number of rotatable bonds is 5. The fourth-order valence-corrected chi connectivity index (χ4v) is 4.92. The largest absolute Gasteiger partial charge is 0.457 e. The summed E-state index contributed by atoms with van der Waals surface area (Å²) in [4.78, 5) is 2.42. The predicted molar refractivity (Wildman–Crippen MR) is 115 cm³/mol. The van der Waals surface area contributed by atoms with Crippen molar-refractivity contribution < 1.29 is 13.2 Å². The molecule has 5 nitrogen and oxygen atoms in total. The van der Waals surface area contributed by atoms with E-state index < -0.39 is 10.0 Å². The lowest BCUT2D eigenvalue weighted by molar-refractivity contribution is 0.385. The summed E-state index contributed by atoms with van der Waals surface area (Å²) in [6, 6.07) is 23.6. The van der Waals surface area contributed by atoms with Crippen LogP contribution in [0.4, 0.5) is 5.69 Å². The van der Waals surface area contributed by atoms with Gasteiger partial charge in [-0.25, -0.2) is 8.42 Å². The molecule has 150 valence electrons. The fraction of sp³-hybridized carbons (Fsp3) is 0.182. The third-order valence-corrected chi connectivity index (χ3v) is 7.00. The number of nitrogens with zero attached hydrogens (tertiary/aromatic N) is 2. The molecule has 1 aliphatic heterocycles. The molecule has 3 aromatic carbocycles. The van der Waals surface area contributed by atoms with E-state index in [9.17, 15) is 8.42 Å². The normalized spacial score (nSPS) is 15.3. The van der Waals surface area contributed by atoms with Crippen LogP contribution < -0.4 is 9.64 Å². The van der Waals surface area contributed by atoms with E-state index in [1.807, 2.05) is 54.6 Å². The van der Waals surface area contributed by atoms with Crippen molar-refractivity contribution in [3.05, 3.63) is 83.9 Å². The molecule has 1 saturated heterocycles. The van der Waals surface area contributed by atoms with Crippen molar-refractivity contribution in [2.75, 3.05) is 31.1 Å². The van der Waals surface area contributed by atoms with Crippen LogP contribution in [-0.2, 0) is 10.0 Å². The number of anilines is 1. The predicted octanol–water partition coefficient (Wildman–Crippen LogP) is 4.64. The summed E-state index contributed by atoms with van der Waals surface area (Å²) in [5.41, 5.74) is 1.01. The van der Waals surface area contributed by atoms with Gasteiger partial charge in [-0.2, -0.15) is 4.31 Å². The Kier molecular flexibility index (Phi) is 5.76. The smallest absolute Gasteiger partial charge is 0.243 e. The van der Waals surface area contributed by atoms with Gasteiger partial charge in [0.1, 0.15) is 11.5 Å². The highest BCUT2D eigenvalue weighted by molar-refractivity contribution is 7.89. The number of piperazine rings is 1. The quantitative estimate of drug-likeness (QED) is 0.593. The van der Waals surface area contributed by atoms with Crippen LogP contribution in [-0.4, -0.2) is 38.9 Å². The highest BCUT2D eigenvalue weighted by Crippen LogP contribution is 2.26. The molecule has 0 saturated carbocycles. The molecule has 4 rings (SSSR count). The van der Waals surface area contributed by atoms with Crippen LogP contribution in [0.25, 0.3) is 0 Å². The van der Waals surface area contributed by atoms with Crippen molar-refractivity contribution >= 4 is 27.3 Å². The van der Waals surface area contributed by atoms with Gasteiger partial charge in [0.25, 0.3) is 0 Å². The molecule has 1 heterocycles. The van der Waals surface area contributed by atoms with Crippen molar-refractivity contribution in [2.45, 2.75) is 4.90 Å². The summed E-state index contributed by atoms with van der Waals surface area (Å²) >= 11 is 6.07. The molecule has 29 heavy (non-hydrogen) atoms. The van der Waals surface area contributed by atoms with Crippen molar-refractivity contribution in [1.29, 1.82) is 0 Å². The number of halogens is 1. The van der Waals surface area contributed by atoms with Crippen LogP contribution in [0, 0.1) is 0 Å². The van der Waals surface area contributed by atoms with Crippen LogP contribution in [0.1, 0.15) is 0 Å². The third-order valence-electron chi connectivity index (χ3n) is 4.85. The molecule has 0 N–H and O–H groups in total. The summed E-state index contributed by atoms with van der Waals surface area (Å²) in [6.45, 7) is 2.10. The highest BCUT2D eigenvalue weighted by atomic mass is 35.5. The van der Waals surface area contributed by atoms with Crippen molar-refractivity contribution in [2.24, 2.45) is 0 Å². The van der Waals surface area contributed by atoms with Gasteiger partial charge in [0.2, 0.25) is 10.0 Å². The van der Waals surface area contributed by atoms with E-state index in [1.165, 1.54) is 4.31 Å². The maximum Gasteiger partial charge on any atom is 0.243 e. The topological polar surface area (TPSA) is 49.9 Å². The van der Waals surface area contributed by atoms with E-state index in [4.69, 9.17) is 16.3 Å². The third kappa shape index (κ3) is 4.56. The Hall–Kier alpha value is -2.54. The first kappa shape index (κ1) is 19.8. The second-order valence-corrected chi connectivity index (χ2v) is 9.13. The zero-order valence-corrected chi connectivity index (χ0v) is 17.3. The number of sulfonamides is 1. The Bertz CT molecular complexity index is 1060. The van der Waals surface area contributed by atoms with Gasteiger partial charge >= 0.3 is 0 Å². The Morgan fingerprint density at radius 2 is 1.41 bits per heavy atom. The van der Waals surface area contributed by atoms with E-state index in [1.54, 1.807) is 24.3 Å². The fourth-order valence-electron chi connectivity index (χ4n) is 3.31. The van der Waals surface area contributed by atoms with E-state index in [2.05, 4.69) is 4.90 Å². The Morgan fingerprint density at radius 1 is 0.759 bits per heavy atom. The second kappa shape index (κ2) is 8.45. The molecule has 0 unspecified atom stereocenters. The van der Waals surface area contributed by atoms with Crippen LogP contribution in [0.3, 0.4) is 0 Å². The molecule has 0 bridgehead atoms. The maximum absolute atomic E-state index is 13.0. The molecule has 0 spiro atoms. The molecule has 0 amide bonds. The van der Waals surface area contributed by atoms with Crippen molar-refractivity contribution in [3.63, 3.8) is 0 Å². The molecule has 1 fully saturated rings. The van der Waals surface area contributed by atoms with Crippen LogP contribution >= 0.6 is 11.6 Å². The molecule has 0 aliphatic carbocycles. The zero-order chi connectivity index (χ0) is 20.3. The van der Waals surface area contributed by atoms with E-state index in [-0.39, 0.29) is 4.90 Å². The van der Waals surface area contributed by atoms with Crippen molar-refractivity contribution in [3.8, 4) is 11.5 Å². The number of para-hydroxylation sites is 1. The summed E-state index contributed by atoms with van der Waals surface area (Å²) in [5, 5.41) is 0.676. The minimum absolute atomic E-state index is 0.272. The first-order valence-electron chi connectivity index (χ1n) is 9.36. The lowest BCUT2D eigenvalue weighted by Crippen LogP contribution is -2.48. The summed E-state index contributed by atoms with van der Waals surface area (Å²) in [6.07, 6.45) is 0. The summed E-state index contributed by atoms with van der Waals surface area (Å²) in [5.74, 6) is 1.31. The first-order chi connectivity index (χ1) is 14.0. The van der Waals surface area contributed by atoms with Gasteiger partial charge in [0.05, 0.1) is 4.90 Å². The average molecular weight is 429 g/mol. The number of hydrogen-bond donors (Lipinski definition) is 0. The Morgan fingerprint density at radius 3 is 2.07 bits per heavy atom. The molecule has 0 radical (unpaired) electrons. The number of benzene rings is 3. The van der Waals surface area contributed by atoms with E-state index in [0.717, 1.165) is 5.69 Å². The monoisotopic (exact) mass is 428 g/mol. The standard InChI is InChI=1S/C22H21ClN2O3S/c23-18-5-4-6-19(17-18)24-13-15-25(16-14-24)29(26,27)22-11-9-21(10-12-22)28-20-7-2-1-3-8-20/h1-12,17H,13-16H2. The van der Waals surface area contributed by atoms with Gasteiger partial charge in [0, 0.05) is 36.9 Å². The Balaban J connectivity index is 1.42. The lowest BCUT2D eigenvalue weighted by atomic mass is 10.2. The van der Waals surface area contributed by atoms with Gasteiger partial charge in [0.15, 0.2) is 0 Å². The molecular weight excluding hydrogens is 408 g/mol. The lowest BCUT2D eigenvalue weighted by Gasteiger charge is -2.35. The van der Waals surface area contributed by atoms with Crippen LogP contribution in [0.5, 0.6) is 11.5 Å². The van der Waals surface area contributed by atoms with E-state index >= 15 is 0 Å². The minimum atomic E-state index is -3.54. The number of ether oxygens (including phenoxy) is 1. The minimum Gasteiger partial charge on any atom is -0.457 e. The van der Waals surface area contributed by atoms with Gasteiger partial charge in [-0.15, -0.1) is 0 Å². The van der Waals surface area contributed by atoms with Crippen LogP contribution in [0.2, 0.25) is 5.02 Å². The maximum atomic E-state index is 13.0. The number of hydrogen-bond acceptors (Lipinski definition) is 4. The summed E-state index contributed by atoms with van der Waals surface area (Å²) < 4.78 is 33.3. The molecule has 7 heteroatoms. The SMILES string of the molecule is O=S(=O)(c1ccc(Oc2ccccc2)cc1)N1CCN(c2cccc(Cl)c2)CC1. The molecule has 3 aromatic rings. The van der Waals surface area contributed by atoms with Crippen LogP contribution in [0.15, 0.2) is 83.8 Å². The van der Waals surface area contributed by atoms with E-state index in [0.29, 0.717) is 42.7 Å². The first-order valence-corrected chi connectivity index (χ1v) is 11.2. The molecule has 1 aliphatic rings. The van der Waals surface area contributed by atoms with Crippen molar-refractivity contribution in [1.82, 2.24) is 4.31 Å². The molecular formula is C22H21ClN2O3S. The highest BCUT2D eigenvalue weighted by Gasteiger charge is 2.28. The molecule has 0 aromatic heterocycles.